The van der Waals surface area contributed by atoms with Gasteiger partial charge in [-0.25, -0.2) is 0 Å². The van der Waals surface area contributed by atoms with Crippen LogP contribution in [0.1, 0.15) is 30.0 Å². The second-order valence-corrected chi connectivity index (χ2v) is 5.28. The van der Waals surface area contributed by atoms with Crippen LogP contribution in [0, 0.1) is 13.8 Å². The molecule has 1 aromatic rings. The molecule has 0 aromatic heterocycles. The Labute approximate surface area is 98.4 Å². The van der Waals surface area contributed by atoms with Crippen LogP contribution in [0.3, 0.4) is 0 Å². The number of hydrogen-bond acceptors (Lipinski definition) is 2. The van der Waals surface area contributed by atoms with Gasteiger partial charge < -0.3 is 5.73 Å². The molecule has 1 aliphatic rings. The standard InChI is InChI=1S/C14H22N2/c1-4-14(15)9-16(10-14)8-13-6-5-11(2)12(3)7-13/h5-7H,4,8-10,15H2,1-3H3. The van der Waals surface area contributed by atoms with E-state index in [1.165, 1.54) is 16.7 Å². The van der Waals surface area contributed by atoms with E-state index in [0.29, 0.717) is 0 Å². The number of nitrogens with zero attached hydrogens (tertiary/aromatic N) is 1. The number of aryl methyl sites for hydroxylation is 2. The molecule has 0 radical (unpaired) electrons. The summed E-state index contributed by atoms with van der Waals surface area (Å²) in [6.07, 6.45) is 1.08. The van der Waals surface area contributed by atoms with Crippen LogP contribution >= 0.6 is 0 Å². The van der Waals surface area contributed by atoms with Crippen molar-refractivity contribution in [2.24, 2.45) is 5.73 Å². The molecule has 1 saturated heterocycles. The molecule has 0 spiro atoms. The molecule has 2 rings (SSSR count). The molecule has 2 heteroatoms. The first-order chi connectivity index (χ1) is 7.52. The molecule has 1 aromatic carbocycles. The van der Waals surface area contributed by atoms with Crippen molar-refractivity contribution in [1.82, 2.24) is 4.90 Å². The third-order valence-corrected chi connectivity index (χ3v) is 3.76. The Balaban J connectivity index is 1.94. The molecule has 0 saturated carbocycles. The summed E-state index contributed by atoms with van der Waals surface area (Å²) < 4.78 is 0. The summed E-state index contributed by atoms with van der Waals surface area (Å²) in [7, 11) is 0. The monoisotopic (exact) mass is 218 g/mol. The molecule has 0 amide bonds. The lowest BCUT2D eigenvalue weighted by atomic mass is 9.88. The SMILES string of the molecule is CCC1(N)CN(Cc2ccc(C)c(C)c2)C1. The Morgan fingerprint density at radius 1 is 1.25 bits per heavy atom. The molecule has 2 N–H and O–H groups in total. The number of rotatable bonds is 3. The highest BCUT2D eigenvalue weighted by atomic mass is 15.2. The quantitative estimate of drug-likeness (QED) is 0.843. The predicted octanol–water partition coefficient (Wildman–Crippen LogP) is 2.23. The van der Waals surface area contributed by atoms with Gasteiger partial charge >= 0.3 is 0 Å². The van der Waals surface area contributed by atoms with Crippen LogP contribution in [0.15, 0.2) is 18.2 Å². The molecular formula is C14H22N2. The summed E-state index contributed by atoms with van der Waals surface area (Å²) >= 11 is 0. The second-order valence-electron chi connectivity index (χ2n) is 5.28. The molecule has 1 fully saturated rings. The van der Waals surface area contributed by atoms with E-state index in [2.05, 4.69) is 43.9 Å². The third-order valence-electron chi connectivity index (χ3n) is 3.76. The zero-order valence-corrected chi connectivity index (χ0v) is 10.6. The van der Waals surface area contributed by atoms with Crippen LogP contribution < -0.4 is 5.73 Å². The summed E-state index contributed by atoms with van der Waals surface area (Å²) in [6.45, 7) is 9.62. The van der Waals surface area contributed by atoms with E-state index in [9.17, 15) is 0 Å². The molecular weight excluding hydrogens is 196 g/mol. The van der Waals surface area contributed by atoms with Crippen LogP contribution in [0.25, 0.3) is 0 Å². The maximum absolute atomic E-state index is 6.16. The van der Waals surface area contributed by atoms with Crippen LogP contribution in [-0.2, 0) is 6.54 Å². The van der Waals surface area contributed by atoms with Gasteiger partial charge in [-0.05, 0) is 37.0 Å². The van der Waals surface area contributed by atoms with Gasteiger partial charge in [0.05, 0.1) is 0 Å². The molecule has 0 unspecified atom stereocenters. The molecule has 1 heterocycles. The van der Waals surface area contributed by atoms with E-state index in [0.717, 1.165) is 26.1 Å². The maximum atomic E-state index is 6.16. The molecule has 16 heavy (non-hydrogen) atoms. The van der Waals surface area contributed by atoms with Crippen molar-refractivity contribution in [3.05, 3.63) is 34.9 Å². The highest BCUT2D eigenvalue weighted by Crippen LogP contribution is 2.23. The third kappa shape index (κ3) is 2.28. The Morgan fingerprint density at radius 2 is 1.94 bits per heavy atom. The Kier molecular flexibility index (Phi) is 3.04. The van der Waals surface area contributed by atoms with E-state index < -0.39 is 0 Å². The fourth-order valence-corrected chi connectivity index (χ4v) is 2.34. The van der Waals surface area contributed by atoms with Gasteiger partial charge in [-0.1, -0.05) is 25.1 Å². The van der Waals surface area contributed by atoms with E-state index >= 15 is 0 Å². The topological polar surface area (TPSA) is 29.3 Å². The summed E-state index contributed by atoms with van der Waals surface area (Å²) in [6, 6.07) is 6.72. The van der Waals surface area contributed by atoms with Crippen molar-refractivity contribution >= 4 is 0 Å². The first-order valence-electron chi connectivity index (χ1n) is 6.10. The number of likely N-dealkylation sites (tertiary alicyclic amines) is 1. The molecule has 88 valence electrons. The lowest BCUT2D eigenvalue weighted by Gasteiger charge is -2.47. The molecule has 0 bridgehead atoms. The van der Waals surface area contributed by atoms with Crippen LogP contribution in [-0.4, -0.2) is 23.5 Å². The lowest BCUT2D eigenvalue weighted by Crippen LogP contribution is -2.66. The molecule has 0 atom stereocenters. The van der Waals surface area contributed by atoms with Gasteiger partial charge in [0.15, 0.2) is 0 Å². The number of nitrogens with two attached hydrogens (primary N) is 1. The fraction of sp³-hybridized carbons (Fsp3) is 0.571. The molecule has 1 aliphatic heterocycles. The van der Waals surface area contributed by atoms with Crippen LogP contribution in [0.4, 0.5) is 0 Å². The Bertz CT molecular complexity index is 378. The Morgan fingerprint density at radius 3 is 2.50 bits per heavy atom. The van der Waals surface area contributed by atoms with Gasteiger partial charge in [-0.3, -0.25) is 4.90 Å². The van der Waals surface area contributed by atoms with Gasteiger partial charge in [0.1, 0.15) is 0 Å². The fourth-order valence-electron chi connectivity index (χ4n) is 2.34. The van der Waals surface area contributed by atoms with Gasteiger partial charge in [0.25, 0.3) is 0 Å². The predicted molar refractivity (Wildman–Crippen MR) is 68.4 cm³/mol. The van der Waals surface area contributed by atoms with Crippen molar-refractivity contribution in [3.63, 3.8) is 0 Å². The zero-order valence-electron chi connectivity index (χ0n) is 10.6. The van der Waals surface area contributed by atoms with Gasteiger partial charge in [0.2, 0.25) is 0 Å². The summed E-state index contributed by atoms with van der Waals surface area (Å²) in [5, 5.41) is 0. The van der Waals surface area contributed by atoms with E-state index in [4.69, 9.17) is 5.73 Å². The first-order valence-corrected chi connectivity index (χ1v) is 6.10. The average molecular weight is 218 g/mol. The molecule has 0 aliphatic carbocycles. The van der Waals surface area contributed by atoms with E-state index in [1.807, 2.05) is 0 Å². The summed E-state index contributed by atoms with van der Waals surface area (Å²) in [5.41, 5.74) is 10.4. The van der Waals surface area contributed by atoms with Gasteiger partial charge in [0, 0.05) is 25.2 Å². The van der Waals surface area contributed by atoms with Crippen molar-refractivity contribution in [2.75, 3.05) is 13.1 Å². The van der Waals surface area contributed by atoms with Crippen LogP contribution in [0.2, 0.25) is 0 Å². The summed E-state index contributed by atoms with van der Waals surface area (Å²) in [5.74, 6) is 0. The smallest absolute Gasteiger partial charge is 0.0410 e. The van der Waals surface area contributed by atoms with E-state index in [-0.39, 0.29) is 5.54 Å². The summed E-state index contributed by atoms with van der Waals surface area (Å²) in [4.78, 5) is 2.42. The zero-order chi connectivity index (χ0) is 11.8. The van der Waals surface area contributed by atoms with Crippen molar-refractivity contribution in [1.29, 1.82) is 0 Å². The van der Waals surface area contributed by atoms with Crippen molar-refractivity contribution in [3.8, 4) is 0 Å². The van der Waals surface area contributed by atoms with E-state index in [1.54, 1.807) is 0 Å². The highest BCUT2D eigenvalue weighted by Gasteiger charge is 2.37. The highest BCUT2D eigenvalue weighted by molar-refractivity contribution is 5.30. The van der Waals surface area contributed by atoms with Gasteiger partial charge in [-0.15, -0.1) is 0 Å². The minimum Gasteiger partial charge on any atom is -0.323 e. The number of benzene rings is 1. The van der Waals surface area contributed by atoms with Crippen molar-refractivity contribution < 1.29 is 0 Å². The van der Waals surface area contributed by atoms with Gasteiger partial charge in [-0.2, -0.15) is 0 Å². The second kappa shape index (κ2) is 4.19. The van der Waals surface area contributed by atoms with Crippen molar-refractivity contribution in [2.45, 2.75) is 39.3 Å². The minimum absolute atomic E-state index is 0.0831. The largest absolute Gasteiger partial charge is 0.323 e. The average Bonchev–Trinajstić information content (AvgIpc) is 2.21. The maximum Gasteiger partial charge on any atom is 0.0410 e. The lowest BCUT2D eigenvalue weighted by molar-refractivity contribution is 0.0607. The Hall–Kier alpha value is -0.860. The normalized spacial score (nSPS) is 19.5. The minimum atomic E-state index is 0.0831. The molecule has 2 nitrogen and oxygen atoms in total. The first kappa shape index (κ1) is 11.6. The number of hydrogen-bond donors (Lipinski definition) is 1. The van der Waals surface area contributed by atoms with Crippen LogP contribution in [0.5, 0.6) is 0 Å².